The van der Waals surface area contributed by atoms with Crippen LogP contribution in [0.15, 0.2) is 47.6 Å². The van der Waals surface area contributed by atoms with E-state index in [4.69, 9.17) is 0 Å². The number of hydrogen-bond donors (Lipinski definition) is 0. The molecule has 3 fully saturated rings. The Balaban J connectivity index is 1.35. The highest BCUT2D eigenvalue weighted by molar-refractivity contribution is 7.89. The first-order chi connectivity index (χ1) is 13.1. The molecule has 1 saturated carbocycles. The molecule has 7 heteroatoms. The average Bonchev–Trinajstić information content (AvgIpc) is 3.42. The van der Waals surface area contributed by atoms with Gasteiger partial charge in [-0.3, -0.25) is 4.90 Å². The Hall–Kier alpha value is -1.70. The third-order valence-corrected chi connectivity index (χ3v) is 8.13. The number of hydrogen-bond acceptors (Lipinski definition) is 4. The summed E-state index contributed by atoms with van der Waals surface area (Å²) in [6.45, 7) is 2.46. The van der Waals surface area contributed by atoms with Crippen LogP contribution in [0, 0.1) is 5.92 Å². The van der Waals surface area contributed by atoms with Crippen LogP contribution in [0.1, 0.15) is 32.1 Å². The van der Waals surface area contributed by atoms with Gasteiger partial charge in [-0.05, 0) is 56.7 Å². The molecule has 2 saturated heterocycles. The van der Waals surface area contributed by atoms with Gasteiger partial charge >= 0.3 is 0 Å². The van der Waals surface area contributed by atoms with E-state index in [1.165, 1.54) is 32.0 Å². The largest absolute Gasteiger partial charge is 0.297 e. The normalized spacial score (nSPS) is 27.4. The molecule has 1 aromatic carbocycles. The van der Waals surface area contributed by atoms with E-state index in [0.29, 0.717) is 29.9 Å². The quantitative estimate of drug-likeness (QED) is 0.810. The molecule has 2 aliphatic heterocycles. The molecule has 0 amide bonds. The summed E-state index contributed by atoms with van der Waals surface area (Å²) in [5.74, 6) is 0.465. The van der Waals surface area contributed by atoms with E-state index in [2.05, 4.69) is 10.00 Å². The molecule has 3 aliphatic rings. The van der Waals surface area contributed by atoms with E-state index in [1.807, 2.05) is 30.3 Å². The third kappa shape index (κ3) is 3.22. The van der Waals surface area contributed by atoms with Gasteiger partial charge < -0.3 is 0 Å². The number of nitrogens with zero attached hydrogens (tertiary/aromatic N) is 4. The van der Waals surface area contributed by atoms with Gasteiger partial charge in [-0.1, -0.05) is 18.2 Å². The number of para-hydroxylation sites is 1. The van der Waals surface area contributed by atoms with Crippen molar-refractivity contribution in [2.45, 2.75) is 49.1 Å². The summed E-state index contributed by atoms with van der Waals surface area (Å²) < 4.78 is 29.7. The Morgan fingerprint density at radius 2 is 1.81 bits per heavy atom. The predicted octanol–water partition coefficient (Wildman–Crippen LogP) is 2.51. The van der Waals surface area contributed by atoms with Gasteiger partial charge in [0.05, 0.1) is 18.1 Å². The fraction of sp³-hybridized carbons (Fsp3) is 0.550. The Bertz CT molecular complexity index is 907. The Labute approximate surface area is 160 Å². The second-order valence-electron chi connectivity index (χ2n) is 8.05. The first-order valence-corrected chi connectivity index (χ1v) is 11.4. The molecule has 27 heavy (non-hydrogen) atoms. The summed E-state index contributed by atoms with van der Waals surface area (Å²) in [5.41, 5.74) is 0.866. The molecule has 2 atom stereocenters. The van der Waals surface area contributed by atoms with Gasteiger partial charge in [-0.2, -0.15) is 9.40 Å². The van der Waals surface area contributed by atoms with E-state index in [0.717, 1.165) is 24.6 Å². The monoisotopic (exact) mass is 386 g/mol. The summed E-state index contributed by atoms with van der Waals surface area (Å²) in [7, 11) is -3.49. The standard InChI is InChI=1S/C20H26N4O2S/c25-27(26,19-13-21-24(15-19)18-6-2-1-3-7-18)22-12-10-20-16(14-22)5-4-11-23(20)17-8-9-17/h1-3,6-7,13,15-17,20H,4-5,8-12,14H2. The minimum absolute atomic E-state index is 0.291. The first-order valence-electron chi connectivity index (χ1n) is 9.99. The van der Waals surface area contributed by atoms with E-state index in [-0.39, 0.29) is 0 Å². The maximum atomic E-state index is 13.2. The molecule has 0 spiro atoms. The van der Waals surface area contributed by atoms with Crippen molar-refractivity contribution in [3.05, 3.63) is 42.7 Å². The lowest BCUT2D eigenvalue weighted by molar-refractivity contribution is 0.0412. The van der Waals surface area contributed by atoms with E-state index >= 15 is 0 Å². The van der Waals surface area contributed by atoms with Gasteiger partial charge in [-0.15, -0.1) is 0 Å². The van der Waals surface area contributed by atoms with Crippen LogP contribution < -0.4 is 0 Å². The van der Waals surface area contributed by atoms with Crippen LogP contribution in [0.2, 0.25) is 0 Å². The minimum atomic E-state index is -3.49. The molecule has 144 valence electrons. The second kappa shape index (κ2) is 6.72. The molecule has 5 rings (SSSR count). The Morgan fingerprint density at radius 3 is 2.59 bits per heavy atom. The number of piperidine rings is 2. The number of likely N-dealkylation sites (tertiary alicyclic amines) is 1. The highest BCUT2D eigenvalue weighted by Crippen LogP contribution is 2.39. The molecule has 0 N–H and O–H groups in total. The number of aromatic nitrogens is 2. The summed E-state index contributed by atoms with van der Waals surface area (Å²) in [5, 5.41) is 4.28. The number of sulfonamides is 1. The summed E-state index contributed by atoms with van der Waals surface area (Å²) in [6, 6.07) is 11.0. The fourth-order valence-corrected chi connectivity index (χ4v) is 6.24. The zero-order valence-corrected chi connectivity index (χ0v) is 16.3. The number of rotatable bonds is 4. The van der Waals surface area contributed by atoms with E-state index < -0.39 is 10.0 Å². The highest BCUT2D eigenvalue weighted by atomic mass is 32.2. The molecular formula is C20H26N4O2S. The molecule has 0 bridgehead atoms. The minimum Gasteiger partial charge on any atom is -0.297 e. The Kier molecular flexibility index (Phi) is 4.33. The second-order valence-corrected chi connectivity index (χ2v) is 9.98. The maximum Gasteiger partial charge on any atom is 0.246 e. The number of benzene rings is 1. The third-order valence-electron chi connectivity index (χ3n) is 6.31. The summed E-state index contributed by atoms with van der Waals surface area (Å²) in [6.07, 6.45) is 9.04. The first kappa shape index (κ1) is 17.4. The van der Waals surface area contributed by atoms with Gasteiger partial charge in [0, 0.05) is 25.2 Å². The fourth-order valence-electron chi connectivity index (χ4n) is 4.80. The van der Waals surface area contributed by atoms with Crippen molar-refractivity contribution < 1.29 is 8.42 Å². The van der Waals surface area contributed by atoms with Crippen molar-refractivity contribution in [3.8, 4) is 5.69 Å². The van der Waals surface area contributed by atoms with Crippen LogP contribution in [0.5, 0.6) is 0 Å². The highest BCUT2D eigenvalue weighted by Gasteiger charge is 2.44. The maximum absolute atomic E-state index is 13.2. The van der Waals surface area contributed by atoms with Gasteiger partial charge in [0.1, 0.15) is 4.90 Å². The molecule has 2 unspecified atom stereocenters. The zero-order chi connectivity index (χ0) is 18.4. The van der Waals surface area contributed by atoms with E-state index in [9.17, 15) is 8.42 Å². The van der Waals surface area contributed by atoms with E-state index in [1.54, 1.807) is 15.2 Å². The lowest BCUT2D eigenvalue weighted by Gasteiger charge is -2.47. The van der Waals surface area contributed by atoms with Gasteiger partial charge in [-0.25, -0.2) is 13.1 Å². The predicted molar refractivity (Wildman–Crippen MR) is 103 cm³/mol. The van der Waals surface area contributed by atoms with Crippen LogP contribution in [0.3, 0.4) is 0 Å². The van der Waals surface area contributed by atoms with Gasteiger partial charge in [0.2, 0.25) is 10.0 Å². The summed E-state index contributed by atoms with van der Waals surface area (Å²) in [4.78, 5) is 2.96. The van der Waals surface area contributed by atoms with Crippen LogP contribution in [0.4, 0.5) is 0 Å². The topological polar surface area (TPSA) is 58.4 Å². The summed E-state index contributed by atoms with van der Waals surface area (Å²) >= 11 is 0. The molecule has 1 aromatic heterocycles. The van der Waals surface area contributed by atoms with Crippen molar-refractivity contribution in [3.63, 3.8) is 0 Å². The van der Waals surface area contributed by atoms with Gasteiger partial charge in [0.15, 0.2) is 0 Å². The van der Waals surface area contributed by atoms with Gasteiger partial charge in [0.25, 0.3) is 0 Å². The van der Waals surface area contributed by atoms with Crippen molar-refractivity contribution in [2.24, 2.45) is 5.92 Å². The van der Waals surface area contributed by atoms with Crippen molar-refractivity contribution in [1.29, 1.82) is 0 Å². The van der Waals surface area contributed by atoms with Crippen molar-refractivity contribution >= 4 is 10.0 Å². The van der Waals surface area contributed by atoms with Crippen molar-refractivity contribution in [2.75, 3.05) is 19.6 Å². The van der Waals surface area contributed by atoms with Crippen molar-refractivity contribution in [1.82, 2.24) is 19.0 Å². The van der Waals surface area contributed by atoms with Crippen LogP contribution >= 0.6 is 0 Å². The molecule has 2 aromatic rings. The molecule has 6 nitrogen and oxygen atoms in total. The van der Waals surface area contributed by atoms with Crippen LogP contribution in [-0.2, 0) is 10.0 Å². The van der Waals surface area contributed by atoms with Crippen LogP contribution in [-0.4, -0.2) is 59.1 Å². The lowest BCUT2D eigenvalue weighted by atomic mass is 9.84. The SMILES string of the molecule is O=S(=O)(c1cnn(-c2ccccc2)c1)N1CCC2C(CCCN2C2CC2)C1. The Morgan fingerprint density at radius 1 is 1.00 bits per heavy atom. The number of fused-ring (bicyclic) bond motifs is 1. The smallest absolute Gasteiger partial charge is 0.246 e. The molecule has 1 aliphatic carbocycles. The van der Waals surface area contributed by atoms with Crippen LogP contribution in [0.25, 0.3) is 5.69 Å². The molecular weight excluding hydrogens is 360 g/mol. The molecule has 0 radical (unpaired) electrons. The average molecular weight is 387 g/mol. The lowest BCUT2D eigenvalue weighted by Crippen LogP contribution is -2.55. The molecule has 3 heterocycles. The zero-order valence-electron chi connectivity index (χ0n) is 15.4.